The maximum absolute atomic E-state index is 12.6. The number of aromatic nitrogens is 1. The molecule has 2 aromatic heterocycles. The molecule has 2 aromatic rings. The average molecular weight is 385 g/mol. The molecule has 2 atom stereocenters. The van der Waals surface area contributed by atoms with Crippen LogP contribution in [0.15, 0.2) is 17.5 Å². The van der Waals surface area contributed by atoms with E-state index in [1.807, 2.05) is 24.4 Å². The van der Waals surface area contributed by atoms with Crippen LogP contribution in [0.4, 0.5) is 0 Å². The molecule has 1 saturated heterocycles. The maximum atomic E-state index is 12.6. The number of hydrogen-bond donors (Lipinski definition) is 1. The van der Waals surface area contributed by atoms with E-state index in [4.69, 9.17) is 11.6 Å². The van der Waals surface area contributed by atoms with E-state index in [0.29, 0.717) is 16.5 Å². The van der Waals surface area contributed by atoms with Crippen molar-refractivity contribution >= 4 is 46.2 Å². The summed E-state index contributed by atoms with van der Waals surface area (Å²) in [5.41, 5.74) is 0.717. The van der Waals surface area contributed by atoms with Gasteiger partial charge in [0.1, 0.15) is 5.01 Å². The van der Waals surface area contributed by atoms with E-state index in [1.165, 1.54) is 22.7 Å². The number of amides is 1. The molecule has 1 aliphatic rings. The summed E-state index contributed by atoms with van der Waals surface area (Å²) < 4.78 is 0.708. The minimum absolute atomic E-state index is 0.0606. The zero-order chi connectivity index (χ0) is 17.3. The Bertz CT molecular complexity index is 758. The molecule has 128 valence electrons. The highest BCUT2D eigenvalue weighted by Crippen LogP contribution is 2.33. The van der Waals surface area contributed by atoms with Gasteiger partial charge in [0, 0.05) is 18.0 Å². The van der Waals surface area contributed by atoms with Crippen molar-refractivity contribution in [2.45, 2.75) is 32.2 Å². The molecule has 24 heavy (non-hydrogen) atoms. The lowest BCUT2D eigenvalue weighted by Crippen LogP contribution is -2.47. The third-order valence-electron chi connectivity index (χ3n) is 4.22. The minimum Gasteiger partial charge on any atom is -0.481 e. The fraction of sp³-hybridized carbons (Fsp3) is 0.438. The summed E-state index contributed by atoms with van der Waals surface area (Å²) in [6.45, 7) is 2.25. The van der Waals surface area contributed by atoms with E-state index in [0.717, 1.165) is 16.3 Å². The second-order valence-electron chi connectivity index (χ2n) is 5.93. The quantitative estimate of drug-likeness (QED) is 0.870. The molecule has 1 fully saturated rings. The van der Waals surface area contributed by atoms with Crippen LogP contribution >= 0.6 is 34.3 Å². The summed E-state index contributed by atoms with van der Waals surface area (Å²) in [4.78, 5) is 31.0. The lowest BCUT2D eigenvalue weighted by atomic mass is 9.93. The van der Waals surface area contributed by atoms with Crippen LogP contribution < -0.4 is 0 Å². The number of carbonyl (C=O) groups is 2. The van der Waals surface area contributed by atoms with Gasteiger partial charge in [-0.3, -0.25) is 9.59 Å². The number of likely N-dealkylation sites (tertiary alicyclic amines) is 1. The molecule has 0 spiro atoms. The first-order chi connectivity index (χ1) is 11.4. The van der Waals surface area contributed by atoms with Crippen LogP contribution in [-0.4, -0.2) is 39.5 Å². The molecule has 0 aromatic carbocycles. The van der Waals surface area contributed by atoms with E-state index in [-0.39, 0.29) is 24.9 Å². The standard InChI is InChI=1S/C16H17ClN2O3S2/c1-9-2-3-10(16(21)22)7-19(9)14(20)6-11-8-23-15(18-11)12-4-5-13(17)24-12/h4-5,8-10H,2-3,6-7H2,1H3,(H,21,22). The molecular weight excluding hydrogens is 368 g/mol. The highest BCUT2D eigenvalue weighted by Gasteiger charge is 2.32. The summed E-state index contributed by atoms with van der Waals surface area (Å²) in [6.07, 6.45) is 1.55. The highest BCUT2D eigenvalue weighted by atomic mass is 35.5. The van der Waals surface area contributed by atoms with Gasteiger partial charge in [0.05, 0.1) is 27.2 Å². The Morgan fingerprint density at radius 2 is 2.21 bits per heavy atom. The van der Waals surface area contributed by atoms with Crippen LogP contribution in [0.3, 0.4) is 0 Å². The third kappa shape index (κ3) is 3.79. The van der Waals surface area contributed by atoms with Crippen molar-refractivity contribution < 1.29 is 14.7 Å². The number of halogens is 1. The van der Waals surface area contributed by atoms with E-state index in [9.17, 15) is 14.7 Å². The largest absolute Gasteiger partial charge is 0.481 e. The Labute approximate surface area is 152 Å². The SMILES string of the molecule is CC1CCC(C(=O)O)CN1C(=O)Cc1csc(-c2ccc(Cl)s2)n1. The molecule has 0 aliphatic carbocycles. The van der Waals surface area contributed by atoms with Crippen molar-refractivity contribution in [2.24, 2.45) is 5.92 Å². The smallest absolute Gasteiger partial charge is 0.308 e. The number of hydrogen-bond acceptors (Lipinski definition) is 5. The van der Waals surface area contributed by atoms with Crippen molar-refractivity contribution in [1.29, 1.82) is 0 Å². The number of carbonyl (C=O) groups excluding carboxylic acids is 1. The molecule has 1 aliphatic heterocycles. The Morgan fingerprint density at radius 1 is 1.42 bits per heavy atom. The van der Waals surface area contributed by atoms with Gasteiger partial charge in [-0.2, -0.15) is 0 Å². The van der Waals surface area contributed by atoms with Crippen molar-refractivity contribution in [1.82, 2.24) is 9.88 Å². The van der Waals surface area contributed by atoms with Gasteiger partial charge in [-0.15, -0.1) is 22.7 Å². The molecule has 1 amide bonds. The van der Waals surface area contributed by atoms with Crippen LogP contribution in [0.1, 0.15) is 25.5 Å². The number of piperidine rings is 1. The van der Waals surface area contributed by atoms with E-state index in [1.54, 1.807) is 4.90 Å². The normalized spacial score (nSPS) is 21.0. The number of carboxylic acid groups (broad SMARTS) is 1. The Hall–Kier alpha value is -1.44. The molecule has 8 heteroatoms. The topological polar surface area (TPSA) is 70.5 Å². The molecule has 0 saturated carbocycles. The summed E-state index contributed by atoms with van der Waals surface area (Å²) in [7, 11) is 0. The number of thiazole rings is 1. The maximum Gasteiger partial charge on any atom is 0.308 e. The highest BCUT2D eigenvalue weighted by molar-refractivity contribution is 7.23. The summed E-state index contributed by atoms with van der Waals surface area (Å²) in [5, 5.41) is 11.9. The van der Waals surface area contributed by atoms with Gasteiger partial charge in [0.15, 0.2) is 0 Å². The molecule has 0 bridgehead atoms. The Kier molecular flexibility index (Phi) is 5.22. The molecule has 1 N–H and O–H groups in total. The number of carboxylic acids is 1. The van der Waals surface area contributed by atoms with Crippen molar-refractivity contribution in [3.63, 3.8) is 0 Å². The fourth-order valence-electron chi connectivity index (χ4n) is 2.84. The van der Waals surface area contributed by atoms with Gasteiger partial charge in [-0.25, -0.2) is 4.98 Å². The summed E-state index contributed by atoms with van der Waals surface area (Å²) in [6, 6.07) is 3.82. The van der Waals surface area contributed by atoms with Crippen LogP contribution in [-0.2, 0) is 16.0 Å². The first-order valence-corrected chi connectivity index (χ1v) is 9.74. The molecular formula is C16H17ClN2O3S2. The Balaban J connectivity index is 1.68. The number of rotatable bonds is 4. The second kappa shape index (κ2) is 7.21. The van der Waals surface area contributed by atoms with Crippen molar-refractivity contribution in [2.75, 3.05) is 6.54 Å². The molecule has 2 unspecified atom stereocenters. The molecule has 3 heterocycles. The van der Waals surface area contributed by atoms with Crippen molar-refractivity contribution in [3.05, 3.63) is 27.5 Å². The van der Waals surface area contributed by atoms with Crippen LogP contribution in [0.2, 0.25) is 4.34 Å². The number of aliphatic carboxylic acids is 1. The van der Waals surface area contributed by atoms with Crippen LogP contribution in [0, 0.1) is 5.92 Å². The average Bonchev–Trinajstić information content (AvgIpc) is 3.16. The van der Waals surface area contributed by atoms with E-state index >= 15 is 0 Å². The van der Waals surface area contributed by atoms with Gasteiger partial charge in [0.25, 0.3) is 0 Å². The first kappa shape index (κ1) is 17.4. The molecule has 0 radical (unpaired) electrons. The Morgan fingerprint density at radius 3 is 2.88 bits per heavy atom. The van der Waals surface area contributed by atoms with Gasteiger partial charge >= 0.3 is 5.97 Å². The van der Waals surface area contributed by atoms with Gasteiger partial charge in [-0.1, -0.05) is 11.6 Å². The summed E-state index contributed by atoms with van der Waals surface area (Å²) in [5.74, 6) is -1.36. The fourth-order valence-corrected chi connectivity index (χ4v) is 4.78. The zero-order valence-corrected chi connectivity index (χ0v) is 15.5. The lowest BCUT2D eigenvalue weighted by molar-refractivity contribution is -0.147. The monoisotopic (exact) mass is 384 g/mol. The van der Waals surface area contributed by atoms with Crippen LogP contribution in [0.25, 0.3) is 9.88 Å². The predicted molar refractivity (Wildman–Crippen MR) is 95.7 cm³/mol. The van der Waals surface area contributed by atoms with Gasteiger partial charge in [-0.05, 0) is 31.9 Å². The number of nitrogens with zero attached hydrogens (tertiary/aromatic N) is 2. The van der Waals surface area contributed by atoms with Crippen LogP contribution in [0.5, 0.6) is 0 Å². The molecule has 5 nitrogen and oxygen atoms in total. The molecule has 3 rings (SSSR count). The first-order valence-electron chi connectivity index (χ1n) is 7.66. The summed E-state index contributed by atoms with van der Waals surface area (Å²) >= 11 is 8.89. The minimum atomic E-state index is -0.829. The zero-order valence-electron chi connectivity index (χ0n) is 13.1. The second-order valence-corrected chi connectivity index (χ2v) is 8.51. The van der Waals surface area contributed by atoms with E-state index in [2.05, 4.69) is 4.98 Å². The number of thiophene rings is 1. The van der Waals surface area contributed by atoms with E-state index < -0.39 is 11.9 Å². The van der Waals surface area contributed by atoms with Crippen molar-refractivity contribution in [3.8, 4) is 9.88 Å². The van der Waals surface area contributed by atoms with Gasteiger partial charge < -0.3 is 10.0 Å². The third-order valence-corrected chi connectivity index (χ3v) is 6.51. The lowest BCUT2D eigenvalue weighted by Gasteiger charge is -2.36. The predicted octanol–water partition coefficient (Wildman–Crippen LogP) is 3.78. The van der Waals surface area contributed by atoms with Gasteiger partial charge in [0.2, 0.25) is 5.91 Å².